The molecule has 0 bridgehead atoms. The number of ketones is 1. The minimum atomic E-state index is -0.279. The van der Waals surface area contributed by atoms with Gasteiger partial charge in [-0.2, -0.15) is 5.10 Å². The quantitative estimate of drug-likeness (QED) is 0.793. The van der Waals surface area contributed by atoms with Crippen LogP contribution in [0.4, 0.5) is 0 Å². The molecule has 2 rings (SSSR count). The third kappa shape index (κ3) is 2.41. The smallest absolute Gasteiger partial charge is 0.166 e. The molecule has 0 saturated carbocycles. The number of ether oxygens (including phenoxy) is 1. The van der Waals surface area contributed by atoms with E-state index in [2.05, 4.69) is 32.8 Å². The molecule has 0 radical (unpaired) electrons. The van der Waals surface area contributed by atoms with Gasteiger partial charge in [0, 0.05) is 18.5 Å². The fourth-order valence-corrected chi connectivity index (χ4v) is 3.46. The van der Waals surface area contributed by atoms with Crippen molar-refractivity contribution in [2.45, 2.75) is 78.6 Å². The van der Waals surface area contributed by atoms with Crippen LogP contribution in [-0.2, 0) is 4.74 Å². The molecule has 112 valence electrons. The first-order valence-corrected chi connectivity index (χ1v) is 7.38. The minimum absolute atomic E-state index is 0.157. The molecule has 20 heavy (non-hydrogen) atoms. The third-order valence-electron chi connectivity index (χ3n) is 4.25. The number of rotatable bonds is 3. The van der Waals surface area contributed by atoms with Gasteiger partial charge in [0.2, 0.25) is 0 Å². The van der Waals surface area contributed by atoms with Crippen LogP contribution in [0.2, 0.25) is 0 Å². The first-order chi connectivity index (χ1) is 9.09. The molecule has 0 aliphatic carbocycles. The number of hydrogen-bond acceptors (Lipinski definition) is 3. The predicted molar refractivity (Wildman–Crippen MR) is 79.2 cm³/mol. The van der Waals surface area contributed by atoms with Crippen molar-refractivity contribution < 1.29 is 9.53 Å². The Morgan fingerprint density at radius 1 is 1.35 bits per heavy atom. The van der Waals surface area contributed by atoms with Gasteiger partial charge in [-0.3, -0.25) is 9.48 Å². The van der Waals surface area contributed by atoms with Gasteiger partial charge < -0.3 is 4.74 Å². The Hall–Kier alpha value is -1.16. The third-order valence-corrected chi connectivity index (χ3v) is 4.25. The first-order valence-electron chi connectivity index (χ1n) is 7.38. The van der Waals surface area contributed by atoms with E-state index in [1.54, 1.807) is 0 Å². The van der Waals surface area contributed by atoms with E-state index in [4.69, 9.17) is 4.74 Å². The first kappa shape index (κ1) is 15.2. The SMILES string of the molecule is CCC(=O)c1c(C)nn(C2CC(C)(C)OC2(C)C)c1C. The molecule has 2 heterocycles. The predicted octanol–water partition coefficient (Wildman–Crippen LogP) is 3.61. The fraction of sp³-hybridized carbons (Fsp3) is 0.750. The second-order valence-corrected chi connectivity index (χ2v) is 6.95. The van der Waals surface area contributed by atoms with E-state index in [1.165, 1.54) is 0 Å². The summed E-state index contributed by atoms with van der Waals surface area (Å²) in [6.07, 6.45) is 1.42. The van der Waals surface area contributed by atoms with Gasteiger partial charge in [0.05, 0.1) is 28.5 Å². The van der Waals surface area contributed by atoms with Crippen LogP contribution in [-0.4, -0.2) is 26.8 Å². The lowest BCUT2D eigenvalue weighted by atomic mass is 9.94. The van der Waals surface area contributed by atoms with Crippen molar-refractivity contribution >= 4 is 5.78 Å². The molecular weight excluding hydrogens is 252 g/mol. The summed E-state index contributed by atoms with van der Waals surface area (Å²) in [5.74, 6) is 0.169. The Balaban J connectivity index is 2.47. The summed E-state index contributed by atoms with van der Waals surface area (Å²) in [6, 6.07) is 0.162. The average molecular weight is 278 g/mol. The van der Waals surface area contributed by atoms with Gasteiger partial charge in [0.1, 0.15) is 0 Å². The molecule has 1 aromatic heterocycles. The second kappa shape index (κ2) is 4.69. The second-order valence-electron chi connectivity index (χ2n) is 6.95. The van der Waals surface area contributed by atoms with E-state index in [-0.39, 0.29) is 23.0 Å². The average Bonchev–Trinajstić information content (AvgIpc) is 2.70. The Labute approximate surface area is 121 Å². The molecule has 0 aromatic carbocycles. The van der Waals surface area contributed by atoms with Crippen LogP contribution in [0.15, 0.2) is 0 Å². The van der Waals surface area contributed by atoms with Crippen LogP contribution >= 0.6 is 0 Å². The van der Waals surface area contributed by atoms with Crippen molar-refractivity contribution in [3.8, 4) is 0 Å². The summed E-state index contributed by atoms with van der Waals surface area (Å²) >= 11 is 0. The van der Waals surface area contributed by atoms with E-state index in [0.717, 1.165) is 23.4 Å². The maximum atomic E-state index is 12.1. The maximum Gasteiger partial charge on any atom is 0.166 e. The highest BCUT2D eigenvalue weighted by Crippen LogP contribution is 2.45. The summed E-state index contributed by atoms with van der Waals surface area (Å²) in [5, 5.41) is 4.64. The van der Waals surface area contributed by atoms with E-state index in [0.29, 0.717) is 6.42 Å². The Morgan fingerprint density at radius 2 is 1.95 bits per heavy atom. The molecule has 1 saturated heterocycles. The Bertz CT molecular complexity index is 541. The van der Waals surface area contributed by atoms with Gasteiger partial charge in [0.15, 0.2) is 5.78 Å². The van der Waals surface area contributed by atoms with Crippen molar-refractivity contribution in [1.82, 2.24) is 9.78 Å². The molecule has 1 fully saturated rings. The number of aromatic nitrogens is 2. The van der Waals surface area contributed by atoms with Crippen molar-refractivity contribution in [3.63, 3.8) is 0 Å². The molecule has 0 amide bonds. The van der Waals surface area contributed by atoms with Gasteiger partial charge in [-0.05, 0) is 41.5 Å². The van der Waals surface area contributed by atoms with Crippen LogP contribution < -0.4 is 0 Å². The summed E-state index contributed by atoms with van der Waals surface area (Å²) in [5.41, 5.74) is 2.14. The number of aryl methyl sites for hydroxylation is 1. The molecule has 1 aliphatic heterocycles. The molecule has 4 heteroatoms. The molecule has 1 aromatic rings. The highest BCUT2D eigenvalue weighted by molar-refractivity contribution is 5.97. The zero-order valence-electron chi connectivity index (χ0n) is 13.7. The van der Waals surface area contributed by atoms with Gasteiger partial charge >= 0.3 is 0 Å². The van der Waals surface area contributed by atoms with E-state index in [1.807, 2.05) is 25.5 Å². The summed E-state index contributed by atoms with van der Waals surface area (Å²) in [7, 11) is 0. The molecule has 1 unspecified atom stereocenters. The van der Waals surface area contributed by atoms with Gasteiger partial charge in [-0.1, -0.05) is 6.92 Å². The van der Waals surface area contributed by atoms with E-state index >= 15 is 0 Å². The maximum absolute atomic E-state index is 12.1. The van der Waals surface area contributed by atoms with Gasteiger partial charge in [0.25, 0.3) is 0 Å². The highest BCUT2D eigenvalue weighted by Gasteiger charge is 2.48. The molecule has 1 atom stereocenters. The molecule has 4 nitrogen and oxygen atoms in total. The number of carbonyl (C=O) groups is 1. The van der Waals surface area contributed by atoms with Crippen molar-refractivity contribution in [2.75, 3.05) is 0 Å². The topological polar surface area (TPSA) is 44.1 Å². The minimum Gasteiger partial charge on any atom is -0.367 e. The van der Waals surface area contributed by atoms with Crippen molar-refractivity contribution in [1.29, 1.82) is 0 Å². The molecule has 0 N–H and O–H groups in total. The van der Waals surface area contributed by atoms with Crippen LogP contribution in [0.5, 0.6) is 0 Å². The zero-order chi connectivity index (χ0) is 15.3. The summed E-state index contributed by atoms with van der Waals surface area (Å²) in [6.45, 7) is 14.2. The number of Topliss-reactive ketones (excluding diaryl/α,β-unsaturated/α-hetero) is 1. The van der Waals surface area contributed by atoms with Crippen LogP contribution in [0.1, 0.15) is 75.2 Å². The van der Waals surface area contributed by atoms with Crippen molar-refractivity contribution in [3.05, 3.63) is 17.0 Å². The Morgan fingerprint density at radius 3 is 2.40 bits per heavy atom. The number of nitrogens with zero attached hydrogens (tertiary/aromatic N) is 2. The highest BCUT2D eigenvalue weighted by atomic mass is 16.5. The largest absolute Gasteiger partial charge is 0.367 e. The fourth-order valence-electron chi connectivity index (χ4n) is 3.46. The van der Waals surface area contributed by atoms with Crippen LogP contribution in [0.3, 0.4) is 0 Å². The van der Waals surface area contributed by atoms with Gasteiger partial charge in [-0.15, -0.1) is 0 Å². The van der Waals surface area contributed by atoms with Crippen LogP contribution in [0.25, 0.3) is 0 Å². The number of carbonyl (C=O) groups excluding carboxylic acids is 1. The molecular formula is C16H26N2O2. The lowest BCUT2D eigenvalue weighted by Gasteiger charge is -2.28. The van der Waals surface area contributed by atoms with Crippen LogP contribution in [0, 0.1) is 13.8 Å². The molecule has 0 spiro atoms. The lowest BCUT2D eigenvalue weighted by Crippen LogP contribution is -2.32. The van der Waals surface area contributed by atoms with Gasteiger partial charge in [-0.25, -0.2) is 0 Å². The lowest BCUT2D eigenvalue weighted by molar-refractivity contribution is -0.0739. The van der Waals surface area contributed by atoms with E-state index in [9.17, 15) is 4.79 Å². The zero-order valence-corrected chi connectivity index (χ0v) is 13.7. The monoisotopic (exact) mass is 278 g/mol. The summed E-state index contributed by atoms with van der Waals surface area (Å²) < 4.78 is 8.16. The van der Waals surface area contributed by atoms with Crippen molar-refractivity contribution in [2.24, 2.45) is 0 Å². The summed E-state index contributed by atoms with van der Waals surface area (Å²) in [4.78, 5) is 12.1. The van der Waals surface area contributed by atoms with E-state index < -0.39 is 0 Å². The Kier molecular flexibility index (Phi) is 3.57. The number of hydrogen-bond donors (Lipinski definition) is 0. The molecule has 1 aliphatic rings. The standard InChI is InChI=1S/C16H26N2O2/c1-8-12(19)14-10(2)17-18(11(14)3)13-9-15(4,5)20-16(13,6)7/h13H,8-9H2,1-7H3. The normalized spacial score (nSPS) is 24.1.